The Hall–Kier alpha value is -2.12. The van der Waals surface area contributed by atoms with E-state index in [9.17, 15) is 13.2 Å². The second-order valence-electron chi connectivity index (χ2n) is 4.29. The molecule has 1 aromatic heterocycles. The van der Waals surface area contributed by atoms with Gasteiger partial charge in [-0.15, -0.1) is 0 Å². The van der Waals surface area contributed by atoms with Gasteiger partial charge in [-0.25, -0.2) is 13.1 Å². The first kappa shape index (κ1) is 15.3. The molecule has 0 aliphatic rings. The van der Waals surface area contributed by atoms with E-state index in [1.165, 1.54) is 30.5 Å². The monoisotopic (exact) mass is 308 g/mol. The smallest absolute Gasteiger partial charge is 0.251 e. The molecule has 0 atom stereocenters. The number of carbonyl (C=O) groups is 1. The molecule has 0 aliphatic carbocycles. The first-order chi connectivity index (χ1) is 10.0. The van der Waals surface area contributed by atoms with E-state index >= 15 is 0 Å². The van der Waals surface area contributed by atoms with E-state index in [1.54, 1.807) is 12.1 Å². The predicted molar refractivity (Wildman–Crippen MR) is 77.2 cm³/mol. The molecular weight excluding hydrogens is 292 g/mol. The van der Waals surface area contributed by atoms with Crippen molar-refractivity contribution in [1.82, 2.24) is 10.0 Å². The summed E-state index contributed by atoms with van der Waals surface area (Å²) in [6.07, 6.45) is 1.48. The summed E-state index contributed by atoms with van der Waals surface area (Å²) < 4.78 is 31.7. The summed E-state index contributed by atoms with van der Waals surface area (Å²) >= 11 is 0. The lowest BCUT2D eigenvalue weighted by atomic mass is 10.2. The predicted octanol–water partition coefficient (Wildman–Crippen LogP) is 1.51. The highest BCUT2D eigenvalue weighted by molar-refractivity contribution is 7.89. The number of furan rings is 1. The Kier molecular flexibility index (Phi) is 4.77. The van der Waals surface area contributed by atoms with Crippen molar-refractivity contribution < 1.29 is 17.6 Å². The summed E-state index contributed by atoms with van der Waals surface area (Å²) in [6, 6.07) is 9.12. The molecule has 7 heteroatoms. The topological polar surface area (TPSA) is 88.4 Å². The van der Waals surface area contributed by atoms with Crippen molar-refractivity contribution in [3.63, 3.8) is 0 Å². The Balaban J connectivity index is 2.08. The zero-order chi connectivity index (χ0) is 15.3. The SMILES string of the molecule is CCNC(=O)c1ccc(S(=O)(=O)NCc2ccco2)cc1. The normalized spacial score (nSPS) is 11.3. The molecule has 1 aromatic carbocycles. The van der Waals surface area contributed by atoms with E-state index in [0.29, 0.717) is 17.9 Å². The quantitative estimate of drug-likeness (QED) is 0.846. The minimum absolute atomic E-state index is 0.0768. The molecule has 21 heavy (non-hydrogen) atoms. The van der Waals surface area contributed by atoms with Gasteiger partial charge in [-0.05, 0) is 43.3 Å². The van der Waals surface area contributed by atoms with Crippen LogP contribution in [0, 0.1) is 0 Å². The molecule has 112 valence electrons. The van der Waals surface area contributed by atoms with Gasteiger partial charge in [-0.3, -0.25) is 4.79 Å². The summed E-state index contributed by atoms with van der Waals surface area (Å²) in [6.45, 7) is 2.41. The molecule has 0 fully saturated rings. The fourth-order valence-corrected chi connectivity index (χ4v) is 2.70. The summed E-state index contributed by atoms with van der Waals surface area (Å²) in [4.78, 5) is 11.7. The molecule has 0 aliphatic heterocycles. The van der Waals surface area contributed by atoms with Crippen LogP contribution in [0.1, 0.15) is 23.0 Å². The number of carbonyl (C=O) groups excluding carboxylic acids is 1. The lowest BCUT2D eigenvalue weighted by molar-refractivity contribution is 0.0955. The highest BCUT2D eigenvalue weighted by Gasteiger charge is 2.15. The maximum Gasteiger partial charge on any atom is 0.251 e. The van der Waals surface area contributed by atoms with Crippen LogP contribution < -0.4 is 10.0 Å². The molecule has 0 spiro atoms. The molecule has 0 bridgehead atoms. The van der Waals surface area contributed by atoms with Crippen LogP contribution in [0.25, 0.3) is 0 Å². The Morgan fingerprint density at radius 3 is 2.48 bits per heavy atom. The summed E-state index contributed by atoms with van der Waals surface area (Å²) in [5, 5.41) is 2.65. The van der Waals surface area contributed by atoms with Gasteiger partial charge >= 0.3 is 0 Å². The minimum Gasteiger partial charge on any atom is -0.468 e. The largest absolute Gasteiger partial charge is 0.468 e. The van der Waals surface area contributed by atoms with Gasteiger partial charge in [0.1, 0.15) is 5.76 Å². The third-order valence-electron chi connectivity index (χ3n) is 2.78. The standard InChI is InChI=1S/C14H16N2O4S/c1-2-15-14(17)11-5-7-13(8-6-11)21(18,19)16-10-12-4-3-9-20-12/h3-9,16H,2,10H2,1H3,(H,15,17). The van der Waals surface area contributed by atoms with Crippen LogP contribution in [0.3, 0.4) is 0 Å². The number of sulfonamides is 1. The van der Waals surface area contributed by atoms with Gasteiger partial charge in [-0.2, -0.15) is 0 Å². The van der Waals surface area contributed by atoms with Crippen LogP contribution in [-0.4, -0.2) is 20.9 Å². The molecular formula is C14H16N2O4S. The lowest BCUT2D eigenvalue weighted by Crippen LogP contribution is -2.24. The van der Waals surface area contributed by atoms with Crippen LogP contribution in [0.5, 0.6) is 0 Å². The molecule has 2 aromatic rings. The number of hydrogen-bond donors (Lipinski definition) is 2. The fourth-order valence-electron chi connectivity index (χ4n) is 1.71. The number of nitrogens with one attached hydrogen (secondary N) is 2. The second kappa shape index (κ2) is 6.55. The van der Waals surface area contributed by atoms with E-state index in [-0.39, 0.29) is 17.3 Å². The van der Waals surface area contributed by atoms with Crippen molar-refractivity contribution in [2.45, 2.75) is 18.4 Å². The molecule has 1 heterocycles. The number of amides is 1. The average molecular weight is 308 g/mol. The van der Waals surface area contributed by atoms with E-state index in [1.807, 2.05) is 6.92 Å². The summed E-state index contributed by atoms with van der Waals surface area (Å²) in [5.41, 5.74) is 0.418. The van der Waals surface area contributed by atoms with Crippen molar-refractivity contribution >= 4 is 15.9 Å². The Morgan fingerprint density at radius 1 is 1.19 bits per heavy atom. The van der Waals surface area contributed by atoms with Crippen LogP contribution in [0.2, 0.25) is 0 Å². The molecule has 0 saturated heterocycles. The van der Waals surface area contributed by atoms with E-state index in [0.717, 1.165) is 0 Å². The van der Waals surface area contributed by atoms with Gasteiger partial charge in [0.2, 0.25) is 10.0 Å². The second-order valence-corrected chi connectivity index (χ2v) is 6.05. The van der Waals surface area contributed by atoms with Gasteiger partial charge in [0.25, 0.3) is 5.91 Å². The zero-order valence-corrected chi connectivity index (χ0v) is 12.3. The van der Waals surface area contributed by atoms with Gasteiger partial charge in [-0.1, -0.05) is 0 Å². The molecule has 6 nitrogen and oxygen atoms in total. The van der Waals surface area contributed by atoms with Crippen LogP contribution in [0.15, 0.2) is 52.0 Å². The van der Waals surface area contributed by atoms with Gasteiger partial charge in [0.15, 0.2) is 0 Å². The molecule has 0 saturated carbocycles. The summed E-state index contributed by atoms with van der Waals surface area (Å²) in [5.74, 6) is 0.294. The Morgan fingerprint density at radius 2 is 1.90 bits per heavy atom. The van der Waals surface area contributed by atoms with Gasteiger partial charge in [0.05, 0.1) is 17.7 Å². The van der Waals surface area contributed by atoms with Crippen molar-refractivity contribution in [2.75, 3.05) is 6.54 Å². The average Bonchev–Trinajstić information content (AvgIpc) is 2.99. The number of benzene rings is 1. The minimum atomic E-state index is -3.63. The molecule has 0 unspecified atom stereocenters. The molecule has 0 radical (unpaired) electrons. The van der Waals surface area contributed by atoms with E-state index in [4.69, 9.17) is 4.42 Å². The van der Waals surface area contributed by atoms with Crippen LogP contribution in [-0.2, 0) is 16.6 Å². The van der Waals surface area contributed by atoms with Crippen molar-refractivity contribution in [1.29, 1.82) is 0 Å². The van der Waals surface area contributed by atoms with Crippen LogP contribution >= 0.6 is 0 Å². The van der Waals surface area contributed by atoms with Crippen molar-refractivity contribution in [3.05, 3.63) is 54.0 Å². The first-order valence-electron chi connectivity index (χ1n) is 6.43. The highest BCUT2D eigenvalue weighted by atomic mass is 32.2. The van der Waals surface area contributed by atoms with Crippen molar-refractivity contribution in [3.8, 4) is 0 Å². The maximum absolute atomic E-state index is 12.1. The third kappa shape index (κ3) is 3.93. The van der Waals surface area contributed by atoms with Crippen molar-refractivity contribution in [2.24, 2.45) is 0 Å². The molecule has 1 amide bonds. The Bertz CT molecular complexity index is 691. The van der Waals surface area contributed by atoms with Crippen LogP contribution in [0.4, 0.5) is 0 Å². The lowest BCUT2D eigenvalue weighted by Gasteiger charge is -2.07. The maximum atomic E-state index is 12.1. The molecule has 2 rings (SSSR count). The summed E-state index contributed by atoms with van der Waals surface area (Å²) in [7, 11) is -3.63. The number of rotatable bonds is 6. The molecule has 2 N–H and O–H groups in total. The van der Waals surface area contributed by atoms with Gasteiger partial charge in [0, 0.05) is 12.1 Å². The Labute approximate surface area is 123 Å². The van der Waals surface area contributed by atoms with E-state index < -0.39 is 10.0 Å². The fraction of sp³-hybridized carbons (Fsp3) is 0.214. The van der Waals surface area contributed by atoms with E-state index in [2.05, 4.69) is 10.0 Å². The van der Waals surface area contributed by atoms with Gasteiger partial charge < -0.3 is 9.73 Å². The first-order valence-corrected chi connectivity index (χ1v) is 7.91. The zero-order valence-electron chi connectivity index (χ0n) is 11.5. The highest BCUT2D eigenvalue weighted by Crippen LogP contribution is 2.11. The number of hydrogen-bond acceptors (Lipinski definition) is 4. The third-order valence-corrected chi connectivity index (χ3v) is 4.20.